The molecule has 0 unspecified atom stereocenters. The minimum atomic E-state index is -4.23. The molecular weight excluding hydrogens is 371 g/mol. The van der Waals surface area contributed by atoms with Crippen LogP contribution in [0.2, 0.25) is 0 Å². The van der Waals surface area contributed by atoms with Crippen LogP contribution in [0.15, 0.2) is 12.4 Å². The molecule has 1 aromatic rings. The van der Waals surface area contributed by atoms with Gasteiger partial charge in [0.2, 0.25) is 0 Å². The second-order valence-corrected chi connectivity index (χ2v) is 9.78. The largest absolute Gasteiger partial charge is 0.444 e. The Morgan fingerprint density at radius 2 is 1.75 bits per heavy atom. The zero-order valence-corrected chi connectivity index (χ0v) is 16.5. The van der Waals surface area contributed by atoms with Crippen molar-refractivity contribution in [3.05, 3.63) is 23.8 Å². The van der Waals surface area contributed by atoms with Crippen molar-refractivity contribution < 1.29 is 22.7 Å². The summed E-state index contributed by atoms with van der Waals surface area (Å²) in [5.74, 6) is 1.02. The van der Waals surface area contributed by atoms with Crippen LogP contribution in [0.5, 0.6) is 0 Å². The maximum absolute atomic E-state index is 13.2. The van der Waals surface area contributed by atoms with Gasteiger partial charge in [-0.05, 0) is 52.4 Å². The number of alkyl halides is 3. The Balaban J connectivity index is 1.26. The van der Waals surface area contributed by atoms with E-state index in [1.165, 1.54) is 12.4 Å². The van der Waals surface area contributed by atoms with Gasteiger partial charge >= 0.3 is 12.3 Å². The van der Waals surface area contributed by atoms with Crippen molar-refractivity contribution in [3.8, 4) is 0 Å². The molecule has 1 saturated heterocycles. The Bertz CT molecular complexity index is 752. The molecule has 2 heterocycles. The molecule has 8 heteroatoms. The van der Waals surface area contributed by atoms with Crippen LogP contribution in [0.25, 0.3) is 0 Å². The van der Waals surface area contributed by atoms with E-state index in [1.54, 1.807) is 4.90 Å². The second-order valence-electron chi connectivity index (χ2n) is 9.78. The van der Waals surface area contributed by atoms with E-state index in [0.29, 0.717) is 31.3 Å². The minimum Gasteiger partial charge on any atom is -0.444 e. The zero-order chi connectivity index (χ0) is 20.4. The van der Waals surface area contributed by atoms with Gasteiger partial charge in [-0.3, -0.25) is 0 Å². The van der Waals surface area contributed by atoms with Crippen LogP contribution in [0.4, 0.5) is 18.0 Å². The van der Waals surface area contributed by atoms with Gasteiger partial charge in [0.1, 0.15) is 11.4 Å². The van der Waals surface area contributed by atoms with E-state index in [2.05, 4.69) is 9.97 Å². The summed E-state index contributed by atoms with van der Waals surface area (Å²) in [4.78, 5) is 22.2. The number of aromatic nitrogens is 2. The topological polar surface area (TPSA) is 55.3 Å². The molecule has 2 aliphatic carbocycles. The van der Waals surface area contributed by atoms with Crippen LogP contribution in [-0.4, -0.2) is 45.8 Å². The van der Waals surface area contributed by atoms with Gasteiger partial charge in [0.15, 0.2) is 0 Å². The first kappa shape index (κ1) is 19.5. The lowest BCUT2D eigenvalue weighted by atomic mass is 9.57. The first-order chi connectivity index (χ1) is 12.9. The van der Waals surface area contributed by atoms with Crippen molar-refractivity contribution in [3.63, 3.8) is 0 Å². The Labute approximate surface area is 162 Å². The SMILES string of the molecule is CC(C)(C)OC(=O)N1CC2(CC(Cc3ncc(C4(C(F)(F)F)CC4)cn3)C2)C1. The van der Waals surface area contributed by atoms with Gasteiger partial charge in [-0.2, -0.15) is 13.2 Å². The summed E-state index contributed by atoms with van der Waals surface area (Å²) >= 11 is 0. The van der Waals surface area contributed by atoms with Crippen molar-refractivity contribution >= 4 is 6.09 Å². The van der Waals surface area contributed by atoms with Crippen LogP contribution >= 0.6 is 0 Å². The number of amides is 1. The van der Waals surface area contributed by atoms with E-state index >= 15 is 0 Å². The van der Waals surface area contributed by atoms with Crippen LogP contribution in [0.3, 0.4) is 0 Å². The maximum Gasteiger partial charge on any atom is 0.410 e. The average Bonchev–Trinajstić information content (AvgIpc) is 3.28. The lowest BCUT2D eigenvalue weighted by Crippen LogP contribution is -2.64. The predicted octanol–water partition coefficient (Wildman–Crippen LogP) is 4.26. The quantitative estimate of drug-likeness (QED) is 0.765. The molecule has 28 heavy (non-hydrogen) atoms. The fourth-order valence-corrected chi connectivity index (χ4v) is 4.61. The molecule has 154 valence electrons. The van der Waals surface area contributed by atoms with Gasteiger partial charge in [-0.25, -0.2) is 14.8 Å². The number of hydrogen-bond acceptors (Lipinski definition) is 4. The molecule has 0 radical (unpaired) electrons. The standard InChI is InChI=1S/C20H26F3N3O2/c1-17(2,3)28-16(27)26-11-18(12-26)7-13(8-18)6-15-24-9-14(10-25-15)19(4-5-19)20(21,22)23/h9-10,13H,4-8,11-12H2,1-3H3. The Hall–Kier alpha value is -1.86. The molecule has 0 N–H and O–H groups in total. The van der Waals surface area contributed by atoms with Crippen LogP contribution in [0, 0.1) is 11.3 Å². The molecule has 1 spiro atoms. The van der Waals surface area contributed by atoms with Gasteiger partial charge in [0.25, 0.3) is 0 Å². The maximum atomic E-state index is 13.2. The molecule has 1 aromatic heterocycles. The molecule has 3 aliphatic rings. The summed E-state index contributed by atoms with van der Waals surface area (Å²) in [5, 5.41) is 0. The van der Waals surface area contributed by atoms with Gasteiger partial charge in [0.05, 0.1) is 5.41 Å². The third kappa shape index (κ3) is 3.46. The molecule has 1 aliphatic heterocycles. The Kier molecular flexibility index (Phi) is 4.22. The Morgan fingerprint density at radius 3 is 2.21 bits per heavy atom. The van der Waals surface area contributed by atoms with Crippen molar-refractivity contribution in [1.29, 1.82) is 0 Å². The van der Waals surface area contributed by atoms with Crippen LogP contribution in [0.1, 0.15) is 57.8 Å². The smallest absolute Gasteiger partial charge is 0.410 e. The van der Waals surface area contributed by atoms with Crippen molar-refractivity contribution in [2.45, 2.75) is 70.1 Å². The van der Waals surface area contributed by atoms with E-state index in [9.17, 15) is 18.0 Å². The average molecular weight is 397 g/mol. The van der Waals surface area contributed by atoms with E-state index < -0.39 is 17.2 Å². The van der Waals surface area contributed by atoms with Crippen molar-refractivity contribution in [1.82, 2.24) is 14.9 Å². The van der Waals surface area contributed by atoms with E-state index in [1.807, 2.05) is 20.8 Å². The van der Waals surface area contributed by atoms with E-state index in [4.69, 9.17) is 4.74 Å². The zero-order valence-electron chi connectivity index (χ0n) is 16.5. The normalized spacial score (nSPS) is 23.1. The van der Waals surface area contributed by atoms with Crippen LogP contribution in [-0.2, 0) is 16.6 Å². The van der Waals surface area contributed by atoms with Gasteiger partial charge in [-0.1, -0.05) is 0 Å². The summed E-state index contributed by atoms with van der Waals surface area (Å²) in [7, 11) is 0. The number of likely N-dealkylation sites (tertiary alicyclic amines) is 1. The summed E-state index contributed by atoms with van der Waals surface area (Å²) in [5.41, 5.74) is -1.85. The fraction of sp³-hybridized carbons (Fsp3) is 0.750. The molecule has 5 nitrogen and oxygen atoms in total. The first-order valence-electron chi connectivity index (χ1n) is 9.78. The number of nitrogens with zero attached hydrogens (tertiary/aromatic N) is 3. The second kappa shape index (κ2) is 6.07. The minimum absolute atomic E-state index is 0.124. The number of carbonyl (C=O) groups excluding carboxylic acids is 1. The highest BCUT2D eigenvalue weighted by Gasteiger charge is 2.64. The molecule has 0 atom stereocenters. The molecule has 0 aromatic carbocycles. The lowest BCUT2D eigenvalue weighted by Gasteiger charge is -2.58. The number of hydrogen-bond donors (Lipinski definition) is 0. The van der Waals surface area contributed by atoms with Gasteiger partial charge in [-0.15, -0.1) is 0 Å². The van der Waals surface area contributed by atoms with Crippen molar-refractivity contribution in [2.24, 2.45) is 11.3 Å². The third-order valence-corrected chi connectivity index (χ3v) is 6.17. The molecule has 0 bridgehead atoms. The molecule has 1 amide bonds. The summed E-state index contributed by atoms with van der Waals surface area (Å²) < 4.78 is 44.9. The van der Waals surface area contributed by atoms with E-state index in [-0.39, 0.29) is 29.9 Å². The van der Waals surface area contributed by atoms with Gasteiger partial charge < -0.3 is 9.64 Å². The van der Waals surface area contributed by atoms with Crippen molar-refractivity contribution in [2.75, 3.05) is 13.1 Å². The lowest BCUT2D eigenvalue weighted by molar-refractivity contribution is -0.160. The predicted molar refractivity (Wildman–Crippen MR) is 95.7 cm³/mol. The molecule has 3 fully saturated rings. The number of carbonyl (C=O) groups is 1. The highest BCUT2D eigenvalue weighted by molar-refractivity contribution is 5.69. The highest BCUT2D eigenvalue weighted by atomic mass is 19.4. The van der Waals surface area contributed by atoms with Gasteiger partial charge in [0, 0.05) is 42.9 Å². The first-order valence-corrected chi connectivity index (χ1v) is 9.78. The summed E-state index contributed by atoms with van der Waals surface area (Å²) in [6, 6.07) is 0. The number of rotatable bonds is 3. The molecule has 4 rings (SSSR count). The summed E-state index contributed by atoms with van der Waals surface area (Å²) in [6.45, 7) is 6.99. The van der Waals surface area contributed by atoms with E-state index in [0.717, 1.165) is 12.8 Å². The Morgan fingerprint density at radius 1 is 1.18 bits per heavy atom. The number of ether oxygens (including phenoxy) is 1. The molecule has 2 saturated carbocycles. The fourth-order valence-electron chi connectivity index (χ4n) is 4.61. The number of halogens is 3. The highest BCUT2D eigenvalue weighted by Crippen LogP contribution is 2.58. The monoisotopic (exact) mass is 397 g/mol. The molecular formula is C20H26F3N3O2. The third-order valence-electron chi connectivity index (χ3n) is 6.17. The summed E-state index contributed by atoms with van der Waals surface area (Å²) in [6.07, 6.45) is 1.11. The van der Waals surface area contributed by atoms with Crippen LogP contribution < -0.4 is 0 Å².